The summed E-state index contributed by atoms with van der Waals surface area (Å²) in [5.41, 5.74) is 6.98. The topological polar surface area (TPSA) is 64.3 Å². The van der Waals surface area contributed by atoms with Crippen LogP contribution in [-0.4, -0.2) is 18.6 Å². The summed E-state index contributed by atoms with van der Waals surface area (Å²) < 4.78 is 5.54. The van der Waals surface area contributed by atoms with Crippen LogP contribution in [0.5, 0.6) is 0 Å². The van der Waals surface area contributed by atoms with Gasteiger partial charge in [0.15, 0.2) is 0 Å². The van der Waals surface area contributed by atoms with Crippen molar-refractivity contribution in [1.29, 1.82) is 0 Å². The van der Waals surface area contributed by atoms with Crippen LogP contribution in [0.3, 0.4) is 0 Å². The van der Waals surface area contributed by atoms with Gasteiger partial charge in [-0.25, -0.2) is 0 Å². The summed E-state index contributed by atoms with van der Waals surface area (Å²) in [6.07, 6.45) is 5.45. The highest BCUT2D eigenvalue weighted by Gasteiger charge is 2.14. The van der Waals surface area contributed by atoms with Crippen molar-refractivity contribution in [2.24, 2.45) is 0 Å². The average molecular weight is 278 g/mol. The number of anilines is 2. The number of rotatable bonds is 9. The first-order chi connectivity index (χ1) is 9.65. The van der Waals surface area contributed by atoms with Crippen LogP contribution in [0.4, 0.5) is 11.4 Å². The molecule has 0 radical (unpaired) electrons. The summed E-state index contributed by atoms with van der Waals surface area (Å²) in [6.45, 7) is 4.58. The summed E-state index contributed by atoms with van der Waals surface area (Å²) in [7, 11) is 0. The SMILES string of the molecule is CCCCCCCOC(C)C(=O)Nc1ccccc1N. The largest absolute Gasteiger partial charge is 0.397 e. The Morgan fingerprint density at radius 1 is 1.25 bits per heavy atom. The summed E-state index contributed by atoms with van der Waals surface area (Å²) >= 11 is 0. The number of unbranched alkanes of at least 4 members (excludes halogenated alkanes) is 4. The number of para-hydroxylation sites is 2. The Kier molecular flexibility index (Phi) is 7.73. The number of ether oxygens (including phenoxy) is 1. The van der Waals surface area contributed by atoms with Gasteiger partial charge in [0.05, 0.1) is 11.4 Å². The number of amides is 1. The molecule has 1 amide bonds. The molecule has 0 fully saturated rings. The maximum atomic E-state index is 11.9. The van der Waals surface area contributed by atoms with Gasteiger partial charge in [-0.2, -0.15) is 0 Å². The van der Waals surface area contributed by atoms with Gasteiger partial charge >= 0.3 is 0 Å². The molecule has 0 aliphatic heterocycles. The van der Waals surface area contributed by atoms with E-state index in [0.717, 1.165) is 12.8 Å². The molecule has 0 bridgehead atoms. The molecule has 0 heterocycles. The zero-order valence-electron chi connectivity index (χ0n) is 12.5. The molecule has 4 heteroatoms. The lowest BCUT2D eigenvalue weighted by molar-refractivity contribution is -0.126. The molecular formula is C16H26N2O2. The standard InChI is InChI=1S/C16H26N2O2/c1-3-4-5-6-9-12-20-13(2)16(19)18-15-11-8-7-10-14(15)17/h7-8,10-11,13H,3-6,9,12,17H2,1-2H3,(H,18,19). The number of hydrogen-bond acceptors (Lipinski definition) is 3. The third-order valence-electron chi connectivity index (χ3n) is 3.20. The van der Waals surface area contributed by atoms with E-state index in [0.29, 0.717) is 18.0 Å². The van der Waals surface area contributed by atoms with Gasteiger partial charge < -0.3 is 15.8 Å². The van der Waals surface area contributed by atoms with Crippen molar-refractivity contribution >= 4 is 17.3 Å². The van der Waals surface area contributed by atoms with E-state index in [1.54, 1.807) is 19.1 Å². The second-order valence-electron chi connectivity index (χ2n) is 5.00. The van der Waals surface area contributed by atoms with Gasteiger partial charge in [-0.1, -0.05) is 44.7 Å². The maximum Gasteiger partial charge on any atom is 0.253 e. The molecule has 0 saturated carbocycles. The minimum atomic E-state index is -0.458. The molecule has 0 aliphatic rings. The van der Waals surface area contributed by atoms with Gasteiger partial charge in [0, 0.05) is 6.61 Å². The lowest BCUT2D eigenvalue weighted by atomic mass is 10.2. The van der Waals surface area contributed by atoms with E-state index in [1.165, 1.54) is 19.3 Å². The molecule has 0 spiro atoms. The zero-order valence-corrected chi connectivity index (χ0v) is 12.5. The van der Waals surface area contributed by atoms with Gasteiger partial charge in [0.1, 0.15) is 6.10 Å². The summed E-state index contributed by atoms with van der Waals surface area (Å²) in [5.74, 6) is -0.156. The number of nitrogens with one attached hydrogen (secondary N) is 1. The molecule has 1 aromatic carbocycles. The molecule has 0 saturated heterocycles. The number of hydrogen-bond donors (Lipinski definition) is 2. The van der Waals surface area contributed by atoms with E-state index in [4.69, 9.17) is 10.5 Å². The highest BCUT2D eigenvalue weighted by atomic mass is 16.5. The molecule has 0 aromatic heterocycles. The fourth-order valence-corrected chi connectivity index (χ4v) is 1.89. The molecule has 1 unspecified atom stereocenters. The van der Waals surface area contributed by atoms with E-state index in [2.05, 4.69) is 12.2 Å². The zero-order chi connectivity index (χ0) is 14.8. The Morgan fingerprint density at radius 2 is 1.95 bits per heavy atom. The number of nitrogen functional groups attached to an aromatic ring is 1. The molecule has 1 aromatic rings. The normalized spacial score (nSPS) is 12.1. The van der Waals surface area contributed by atoms with E-state index in [-0.39, 0.29) is 5.91 Å². The minimum Gasteiger partial charge on any atom is -0.397 e. The fraction of sp³-hybridized carbons (Fsp3) is 0.562. The van der Waals surface area contributed by atoms with E-state index in [1.807, 2.05) is 12.1 Å². The van der Waals surface area contributed by atoms with Crippen LogP contribution in [0.1, 0.15) is 46.0 Å². The monoisotopic (exact) mass is 278 g/mol. The second-order valence-corrected chi connectivity index (χ2v) is 5.00. The lowest BCUT2D eigenvalue weighted by Gasteiger charge is -2.14. The van der Waals surface area contributed by atoms with Crippen molar-refractivity contribution in [3.05, 3.63) is 24.3 Å². The van der Waals surface area contributed by atoms with E-state index >= 15 is 0 Å². The summed E-state index contributed by atoms with van der Waals surface area (Å²) in [6, 6.07) is 7.21. The molecular weight excluding hydrogens is 252 g/mol. The van der Waals surface area contributed by atoms with Gasteiger partial charge in [-0.3, -0.25) is 4.79 Å². The quantitative estimate of drug-likeness (QED) is 0.536. The average Bonchev–Trinajstić information content (AvgIpc) is 2.44. The second kappa shape index (κ2) is 9.37. The first-order valence-electron chi connectivity index (χ1n) is 7.42. The van der Waals surface area contributed by atoms with Gasteiger partial charge in [-0.15, -0.1) is 0 Å². The third kappa shape index (κ3) is 6.06. The molecule has 3 N–H and O–H groups in total. The minimum absolute atomic E-state index is 0.156. The van der Waals surface area contributed by atoms with Crippen molar-refractivity contribution < 1.29 is 9.53 Å². The Hall–Kier alpha value is -1.55. The van der Waals surface area contributed by atoms with Gasteiger partial charge in [0.25, 0.3) is 5.91 Å². The fourth-order valence-electron chi connectivity index (χ4n) is 1.89. The third-order valence-corrected chi connectivity index (χ3v) is 3.20. The van der Waals surface area contributed by atoms with Crippen molar-refractivity contribution in [3.8, 4) is 0 Å². The predicted octanol–water partition coefficient (Wildman–Crippen LogP) is 3.58. The summed E-state index contributed by atoms with van der Waals surface area (Å²) in [4.78, 5) is 11.9. The van der Waals surface area contributed by atoms with Gasteiger partial charge in [-0.05, 0) is 25.5 Å². The first kappa shape index (κ1) is 16.5. The van der Waals surface area contributed by atoms with Crippen LogP contribution >= 0.6 is 0 Å². The number of carbonyl (C=O) groups excluding carboxylic acids is 1. The molecule has 112 valence electrons. The molecule has 4 nitrogen and oxygen atoms in total. The van der Waals surface area contributed by atoms with Crippen LogP contribution in [0.25, 0.3) is 0 Å². The van der Waals surface area contributed by atoms with Crippen LogP contribution in [0.15, 0.2) is 24.3 Å². The lowest BCUT2D eigenvalue weighted by Crippen LogP contribution is -2.28. The number of nitrogens with two attached hydrogens (primary N) is 1. The summed E-state index contributed by atoms with van der Waals surface area (Å²) in [5, 5.41) is 2.78. The first-order valence-corrected chi connectivity index (χ1v) is 7.42. The maximum absolute atomic E-state index is 11.9. The van der Waals surface area contributed by atoms with Crippen LogP contribution in [0.2, 0.25) is 0 Å². The Bertz CT molecular complexity index is 407. The van der Waals surface area contributed by atoms with Crippen LogP contribution in [0, 0.1) is 0 Å². The Morgan fingerprint density at radius 3 is 2.65 bits per heavy atom. The van der Waals surface area contributed by atoms with Crippen LogP contribution < -0.4 is 11.1 Å². The van der Waals surface area contributed by atoms with Gasteiger partial charge in [0.2, 0.25) is 0 Å². The van der Waals surface area contributed by atoms with E-state index in [9.17, 15) is 4.79 Å². The predicted molar refractivity (Wildman–Crippen MR) is 83.7 cm³/mol. The molecule has 1 atom stereocenters. The van der Waals surface area contributed by atoms with Crippen molar-refractivity contribution in [2.75, 3.05) is 17.7 Å². The number of carbonyl (C=O) groups is 1. The van der Waals surface area contributed by atoms with E-state index < -0.39 is 6.10 Å². The molecule has 20 heavy (non-hydrogen) atoms. The highest BCUT2D eigenvalue weighted by Crippen LogP contribution is 2.17. The van der Waals surface area contributed by atoms with Crippen LogP contribution in [-0.2, 0) is 9.53 Å². The smallest absolute Gasteiger partial charge is 0.253 e. The molecule has 1 rings (SSSR count). The Labute approximate surface area is 121 Å². The molecule has 0 aliphatic carbocycles. The van der Waals surface area contributed by atoms with Crippen molar-refractivity contribution in [3.63, 3.8) is 0 Å². The van der Waals surface area contributed by atoms with Crippen molar-refractivity contribution in [1.82, 2.24) is 0 Å². The Balaban J connectivity index is 2.24. The number of benzene rings is 1. The van der Waals surface area contributed by atoms with Crippen molar-refractivity contribution in [2.45, 2.75) is 52.1 Å². The highest BCUT2D eigenvalue weighted by molar-refractivity contribution is 5.96.